The van der Waals surface area contributed by atoms with Crippen LogP contribution in [0.15, 0.2) is 36.4 Å². The van der Waals surface area contributed by atoms with Gasteiger partial charge in [-0.05, 0) is 36.4 Å². The quantitative estimate of drug-likeness (QED) is 0.739. The van der Waals surface area contributed by atoms with Gasteiger partial charge in [0.05, 0.1) is 22.5 Å². The van der Waals surface area contributed by atoms with E-state index >= 15 is 0 Å². The van der Waals surface area contributed by atoms with Crippen LogP contribution >= 0.6 is 23.2 Å². The number of carbonyl (C=O) groups is 2. The first-order valence-corrected chi connectivity index (χ1v) is 7.55. The van der Waals surface area contributed by atoms with Gasteiger partial charge in [-0.1, -0.05) is 23.2 Å². The molecule has 2 aliphatic heterocycles. The van der Waals surface area contributed by atoms with Crippen molar-refractivity contribution in [1.29, 1.82) is 0 Å². The third-order valence-corrected chi connectivity index (χ3v) is 4.47. The van der Waals surface area contributed by atoms with Crippen molar-refractivity contribution < 1.29 is 9.59 Å². The highest BCUT2D eigenvalue weighted by Gasteiger charge is 2.36. The zero-order chi connectivity index (χ0) is 15.4. The van der Waals surface area contributed by atoms with Crippen molar-refractivity contribution in [2.75, 3.05) is 22.9 Å². The number of amides is 2. The molecule has 22 heavy (non-hydrogen) atoms. The van der Waals surface area contributed by atoms with Gasteiger partial charge in [0, 0.05) is 23.1 Å². The van der Waals surface area contributed by atoms with Gasteiger partial charge < -0.3 is 9.80 Å². The second kappa shape index (κ2) is 4.73. The fraction of sp³-hybridized carbons (Fsp3) is 0.125. The maximum atomic E-state index is 12.9. The minimum Gasteiger partial charge on any atom is -0.306 e. The fourth-order valence-electron chi connectivity index (χ4n) is 2.98. The van der Waals surface area contributed by atoms with Gasteiger partial charge in [0.15, 0.2) is 0 Å². The van der Waals surface area contributed by atoms with E-state index in [0.29, 0.717) is 45.6 Å². The molecule has 0 spiro atoms. The third-order valence-electron chi connectivity index (χ3n) is 4.00. The van der Waals surface area contributed by atoms with Crippen molar-refractivity contribution in [3.8, 4) is 0 Å². The Labute approximate surface area is 136 Å². The first-order chi connectivity index (χ1) is 10.6. The van der Waals surface area contributed by atoms with Gasteiger partial charge in [0.25, 0.3) is 11.8 Å². The molecule has 0 aromatic heterocycles. The monoisotopic (exact) mass is 332 g/mol. The van der Waals surface area contributed by atoms with Gasteiger partial charge in [-0.15, -0.1) is 0 Å². The number of fused-ring (bicyclic) bond motifs is 7. The summed E-state index contributed by atoms with van der Waals surface area (Å²) in [7, 11) is 0. The van der Waals surface area contributed by atoms with E-state index in [1.807, 2.05) is 0 Å². The number of hydrogen-bond acceptors (Lipinski definition) is 2. The molecule has 2 heterocycles. The van der Waals surface area contributed by atoms with Crippen LogP contribution in [0.2, 0.25) is 10.0 Å². The molecule has 0 N–H and O–H groups in total. The molecule has 0 saturated carbocycles. The zero-order valence-corrected chi connectivity index (χ0v) is 12.9. The van der Waals surface area contributed by atoms with Gasteiger partial charge in [-0.2, -0.15) is 0 Å². The normalized spacial score (nSPS) is 16.3. The van der Waals surface area contributed by atoms with Crippen molar-refractivity contribution in [3.05, 3.63) is 57.6 Å². The maximum Gasteiger partial charge on any atom is 0.260 e. The third kappa shape index (κ3) is 1.84. The standard InChI is InChI=1S/C16H10Cl2N2O2/c17-9-1-3-13-11(7-9)15(21)20-6-5-19(13)16(22)12-8-10(18)2-4-14(12)20/h1-4,7-8H,5-6H2. The van der Waals surface area contributed by atoms with Crippen LogP contribution in [0, 0.1) is 0 Å². The van der Waals surface area contributed by atoms with E-state index in [4.69, 9.17) is 23.2 Å². The molecule has 4 nitrogen and oxygen atoms in total. The lowest BCUT2D eigenvalue weighted by molar-refractivity contribution is 0.0989. The topological polar surface area (TPSA) is 40.6 Å². The number of anilines is 2. The predicted octanol–water partition coefficient (Wildman–Crippen LogP) is 3.61. The Bertz CT molecular complexity index is 765. The fourth-order valence-corrected chi connectivity index (χ4v) is 3.33. The molecular weight excluding hydrogens is 323 g/mol. The Morgan fingerprint density at radius 3 is 1.55 bits per heavy atom. The van der Waals surface area contributed by atoms with Crippen LogP contribution in [0.25, 0.3) is 0 Å². The lowest BCUT2D eigenvalue weighted by Crippen LogP contribution is -2.32. The lowest BCUT2D eigenvalue weighted by Gasteiger charge is -2.25. The van der Waals surface area contributed by atoms with Gasteiger partial charge in [0.1, 0.15) is 0 Å². The summed E-state index contributed by atoms with van der Waals surface area (Å²) in [5.41, 5.74) is 2.07. The van der Waals surface area contributed by atoms with Crippen molar-refractivity contribution in [2.24, 2.45) is 0 Å². The highest BCUT2D eigenvalue weighted by Crippen LogP contribution is 2.37. The van der Waals surface area contributed by atoms with Gasteiger partial charge >= 0.3 is 0 Å². The Kier molecular flexibility index (Phi) is 2.93. The molecule has 2 aromatic carbocycles. The largest absolute Gasteiger partial charge is 0.306 e. The predicted molar refractivity (Wildman–Crippen MR) is 86.3 cm³/mol. The average molecular weight is 333 g/mol. The first kappa shape index (κ1) is 13.6. The summed E-state index contributed by atoms with van der Waals surface area (Å²) < 4.78 is 0. The summed E-state index contributed by atoms with van der Waals surface area (Å²) in [6.07, 6.45) is 0. The molecule has 2 aliphatic rings. The molecule has 2 aromatic rings. The zero-order valence-electron chi connectivity index (χ0n) is 11.3. The molecule has 0 saturated heterocycles. The van der Waals surface area contributed by atoms with Crippen molar-refractivity contribution in [2.45, 2.75) is 0 Å². The van der Waals surface area contributed by atoms with Crippen LogP contribution in [0.1, 0.15) is 20.7 Å². The van der Waals surface area contributed by atoms with Crippen LogP contribution in [0.5, 0.6) is 0 Å². The minimum absolute atomic E-state index is 0.156. The molecule has 4 rings (SSSR count). The molecule has 0 atom stereocenters. The molecule has 0 fully saturated rings. The van der Waals surface area contributed by atoms with E-state index < -0.39 is 0 Å². The Morgan fingerprint density at radius 2 is 1.14 bits per heavy atom. The van der Waals surface area contributed by atoms with Crippen LogP contribution in [-0.4, -0.2) is 24.9 Å². The number of hydrogen-bond donors (Lipinski definition) is 0. The van der Waals surface area contributed by atoms with Crippen molar-refractivity contribution in [3.63, 3.8) is 0 Å². The molecule has 6 heteroatoms. The van der Waals surface area contributed by atoms with E-state index in [2.05, 4.69) is 0 Å². The molecule has 0 unspecified atom stereocenters. The van der Waals surface area contributed by atoms with Gasteiger partial charge in [-0.25, -0.2) is 0 Å². The number of rotatable bonds is 0. The van der Waals surface area contributed by atoms with Gasteiger partial charge in [0.2, 0.25) is 0 Å². The highest BCUT2D eigenvalue weighted by molar-refractivity contribution is 6.33. The second-order valence-corrected chi connectivity index (χ2v) is 6.11. The SMILES string of the molecule is O=C1c2cc(Cl)ccc2N2CCN1c1ccc(Cl)cc1C2=O. The minimum atomic E-state index is -0.156. The molecule has 2 bridgehead atoms. The second-order valence-electron chi connectivity index (χ2n) is 5.24. The molecule has 0 aliphatic carbocycles. The maximum absolute atomic E-state index is 12.9. The van der Waals surface area contributed by atoms with E-state index in [0.717, 1.165) is 0 Å². The number of benzene rings is 2. The van der Waals surface area contributed by atoms with E-state index in [1.54, 1.807) is 46.2 Å². The van der Waals surface area contributed by atoms with E-state index in [9.17, 15) is 9.59 Å². The van der Waals surface area contributed by atoms with Gasteiger partial charge in [-0.3, -0.25) is 9.59 Å². The van der Waals surface area contributed by atoms with Crippen LogP contribution in [0.4, 0.5) is 11.4 Å². The summed E-state index contributed by atoms with van der Waals surface area (Å²) >= 11 is 12.0. The summed E-state index contributed by atoms with van der Waals surface area (Å²) in [6.45, 7) is 0.872. The Hall–Kier alpha value is -2.04. The molecular formula is C16H10Cl2N2O2. The molecule has 110 valence electrons. The summed E-state index contributed by atoms with van der Waals surface area (Å²) in [5.74, 6) is -0.313. The average Bonchev–Trinajstić information content (AvgIpc) is 2.73. The van der Waals surface area contributed by atoms with E-state index in [-0.39, 0.29) is 11.8 Å². The summed E-state index contributed by atoms with van der Waals surface area (Å²) in [6, 6.07) is 10.0. The van der Waals surface area contributed by atoms with Crippen LogP contribution in [-0.2, 0) is 0 Å². The molecule has 2 amide bonds. The molecule has 0 radical (unpaired) electrons. The summed E-state index contributed by atoms with van der Waals surface area (Å²) in [4.78, 5) is 28.9. The van der Waals surface area contributed by atoms with Crippen molar-refractivity contribution in [1.82, 2.24) is 0 Å². The smallest absolute Gasteiger partial charge is 0.260 e. The highest BCUT2D eigenvalue weighted by atomic mass is 35.5. The Morgan fingerprint density at radius 1 is 0.727 bits per heavy atom. The van der Waals surface area contributed by atoms with Crippen LogP contribution < -0.4 is 9.80 Å². The Balaban J connectivity index is 2.02. The lowest BCUT2D eigenvalue weighted by atomic mass is 10.1. The summed E-state index contributed by atoms with van der Waals surface area (Å²) in [5, 5.41) is 0.941. The van der Waals surface area contributed by atoms with E-state index in [1.165, 1.54) is 0 Å². The first-order valence-electron chi connectivity index (χ1n) is 6.79. The number of halogens is 2. The number of nitrogens with zero attached hydrogens (tertiary/aromatic N) is 2. The van der Waals surface area contributed by atoms with Crippen molar-refractivity contribution >= 4 is 46.4 Å². The van der Waals surface area contributed by atoms with Crippen LogP contribution in [0.3, 0.4) is 0 Å². The number of carbonyl (C=O) groups excluding carboxylic acids is 2.